The molecule has 11 nitrogen and oxygen atoms in total. The Kier molecular flexibility index (Phi) is 9.25. The average Bonchev–Trinajstić information content (AvgIpc) is 3.43. The van der Waals surface area contributed by atoms with Gasteiger partial charge in [0.05, 0.1) is 19.1 Å². The largest absolute Gasteiger partial charge is 0.492 e. The number of carbonyl (C=O) groups excluding carboxylic acids is 3. The summed E-state index contributed by atoms with van der Waals surface area (Å²) >= 11 is 0. The maximum atomic E-state index is 13.4. The molecule has 2 N–H and O–H groups in total. The van der Waals surface area contributed by atoms with E-state index in [2.05, 4.69) is 10.6 Å². The average molecular weight is 561 g/mol. The summed E-state index contributed by atoms with van der Waals surface area (Å²) in [7, 11) is 0. The van der Waals surface area contributed by atoms with E-state index in [4.69, 9.17) is 19.6 Å². The smallest absolute Gasteiger partial charge is 0.251 e. The van der Waals surface area contributed by atoms with Crippen LogP contribution in [-0.2, 0) is 20.9 Å². The molecular weight excluding hydrogens is 524 g/mol. The second-order valence-corrected chi connectivity index (χ2v) is 10.3. The molecule has 3 aromatic rings. The van der Waals surface area contributed by atoms with Crippen LogP contribution >= 0.6 is 0 Å². The lowest BCUT2D eigenvalue weighted by Gasteiger charge is -2.29. The van der Waals surface area contributed by atoms with Crippen molar-refractivity contribution in [3.05, 3.63) is 66.0 Å². The lowest BCUT2D eigenvalue weighted by Crippen LogP contribution is -2.46. The van der Waals surface area contributed by atoms with Crippen molar-refractivity contribution in [3.63, 3.8) is 0 Å². The molecule has 2 aliphatic rings. The Morgan fingerprint density at radius 1 is 0.976 bits per heavy atom. The maximum Gasteiger partial charge on any atom is 0.251 e. The van der Waals surface area contributed by atoms with Crippen LogP contribution in [0.4, 0.5) is 0 Å². The van der Waals surface area contributed by atoms with Gasteiger partial charge in [0.25, 0.3) is 5.91 Å². The Hall–Kier alpha value is -4.25. The van der Waals surface area contributed by atoms with Gasteiger partial charge in [-0.25, -0.2) is 9.67 Å². The number of hydrogen-bond acceptors (Lipinski definition) is 7. The Balaban J connectivity index is 1.41. The molecule has 216 valence electrons. The van der Waals surface area contributed by atoms with Gasteiger partial charge in [0.2, 0.25) is 11.8 Å². The molecule has 2 aliphatic heterocycles. The first-order valence-corrected chi connectivity index (χ1v) is 14.1. The van der Waals surface area contributed by atoms with Gasteiger partial charge in [-0.15, -0.1) is 0 Å². The number of fused-ring (bicyclic) bond motifs is 3. The van der Waals surface area contributed by atoms with E-state index in [9.17, 15) is 14.4 Å². The number of nitrogens with one attached hydrogen (secondary N) is 2. The molecule has 3 amide bonds. The number of amides is 3. The van der Waals surface area contributed by atoms with Gasteiger partial charge in [0.15, 0.2) is 5.82 Å². The van der Waals surface area contributed by atoms with Gasteiger partial charge in [-0.05, 0) is 44.4 Å². The van der Waals surface area contributed by atoms with Gasteiger partial charge in [-0.2, -0.15) is 5.10 Å². The SMILES string of the molecule is C[C@@H]1NC(=O)CN(C(=O)C2CCOCC2)CCCNC(=O)c2cccc(c2)OCCn2nc(-c3ccccc3)nc21. The fourth-order valence-electron chi connectivity index (χ4n) is 5.09. The molecule has 1 atom stereocenters. The normalized spacial score (nSPS) is 19.6. The van der Waals surface area contributed by atoms with Crippen LogP contribution in [0.1, 0.15) is 48.4 Å². The summed E-state index contributed by atoms with van der Waals surface area (Å²) < 4.78 is 13.1. The van der Waals surface area contributed by atoms with Crippen molar-refractivity contribution < 1.29 is 23.9 Å². The Morgan fingerprint density at radius 2 is 1.76 bits per heavy atom. The number of aromatic nitrogens is 3. The van der Waals surface area contributed by atoms with Crippen LogP contribution in [0, 0.1) is 5.92 Å². The zero-order valence-corrected chi connectivity index (χ0v) is 23.3. The first kappa shape index (κ1) is 28.3. The molecule has 0 spiro atoms. The predicted molar refractivity (Wildman–Crippen MR) is 151 cm³/mol. The first-order chi connectivity index (χ1) is 20.0. The van der Waals surface area contributed by atoms with E-state index in [0.29, 0.717) is 75.1 Å². The molecule has 1 aromatic heterocycles. The number of benzene rings is 2. The van der Waals surface area contributed by atoms with Gasteiger partial charge in [0.1, 0.15) is 18.2 Å². The minimum atomic E-state index is -0.464. The molecular formula is C30H36N6O5. The minimum absolute atomic E-state index is 0.0591. The predicted octanol–water partition coefficient (Wildman–Crippen LogP) is 2.59. The van der Waals surface area contributed by atoms with Gasteiger partial charge < -0.3 is 25.0 Å². The van der Waals surface area contributed by atoms with Crippen LogP contribution in [0.3, 0.4) is 0 Å². The molecule has 5 rings (SSSR count). The van der Waals surface area contributed by atoms with E-state index in [1.54, 1.807) is 33.8 Å². The molecule has 0 radical (unpaired) electrons. The van der Waals surface area contributed by atoms with E-state index >= 15 is 0 Å². The molecule has 1 fully saturated rings. The highest BCUT2D eigenvalue weighted by atomic mass is 16.5. The van der Waals surface area contributed by atoms with Gasteiger partial charge >= 0.3 is 0 Å². The van der Waals surface area contributed by atoms with E-state index in [-0.39, 0.29) is 36.8 Å². The summed E-state index contributed by atoms with van der Waals surface area (Å²) in [6.07, 6.45) is 1.77. The Labute approximate surface area is 239 Å². The summed E-state index contributed by atoms with van der Waals surface area (Å²) in [6, 6.07) is 16.2. The van der Waals surface area contributed by atoms with Crippen molar-refractivity contribution in [2.75, 3.05) is 39.5 Å². The second kappa shape index (κ2) is 13.4. The van der Waals surface area contributed by atoms with Crippen molar-refractivity contribution in [1.82, 2.24) is 30.3 Å². The summed E-state index contributed by atoms with van der Waals surface area (Å²) in [5.74, 6) is 0.941. The van der Waals surface area contributed by atoms with Gasteiger partial charge in [-0.1, -0.05) is 36.4 Å². The zero-order valence-electron chi connectivity index (χ0n) is 23.3. The zero-order chi connectivity index (χ0) is 28.6. The molecule has 2 bridgehead atoms. The third-order valence-corrected chi connectivity index (χ3v) is 7.27. The standard InChI is InChI=1S/C30H36N6O5/c1-21-28-33-27(22-7-3-2-4-8-22)34-36(28)15-18-41-25-10-5-9-24(19-25)29(38)31-13-6-14-35(20-26(37)32-21)30(39)23-11-16-40-17-12-23/h2-5,7-10,19,21,23H,6,11-18,20H2,1H3,(H,31,38)(H,32,37)/t21-/m0/s1. The monoisotopic (exact) mass is 560 g/mol. The van der Waals surface area contributed by atoms with E-state index in [0.717, 1.165) is 5.56 Å². The van der Waals surface area contributed by atoms with Gasteiger partial charge in [-0.3, -0.25) is 14.4 Å². The number of carbonyl (C=O) groups is 3. The highest BCUT2D eigenvalue weighted by Gasteiger charge is 2.28. The van der Waals surface area contributed by atoms with E-state index in [1.165, 1.54) is 0 Å². The number of hydrogen-bond donors (Lipinski definition) is 2. The third kappa shape index (κ3) is 7.29. The number of rotatable bonds is 2. The highest BCUT2D eigenvalue weighted by Crippen LogP contribution is 2.21. The van der Waals surface area contributed by atoms with Crippen LogP contribution < -0.4 is 15.4 Å². The molecule has 1 saturated heterocycles. The van der Waals surface area contributed by atoms with E-state index < -0.39 is 6.04 Å². The quantitative estimate of drug-likeness (QED) is 0.493. The topological polar surface area (TPSA) is 128 Å². The van der Waals surface area contributed by atoms with Crippen LogP contribution in [0.25, 0.3) is 11.4 Å². The molecule has 2 aromatic carbocycles. The maximum absolute atomic E-state index is 13.4. The van der Waals surface area contributed by atoms with Crippen molar-refractivity contribution in [2.24, 2.45) is 5.92 Å². The lowest BCUT2D eigenvalue weighted by atomic mass is 9.98. The van der Waals surface area contributed by atoms with Crippen LogP contribution in [0.5, 0.6) is 5.75 Å². The summed E-state index contributed by atoms with van der Waals surface area (Å²) in [4.78, 5) is 45.8. The van der Waals surface area contributed by atoms with Crippen molar-refractivity contribution >= 4 is 17.7 Å². The van der Waals surface area contributed by atoms with Crippen molar-refractivity contribution in [1.29, 1.82) is 0 Å². The molecule has 0 aliphatic carbocycles. The first-order valence-electron chi connectivity index (χ1n) is 14.1. The van der Waals surface area contributed by atoms with Gasteiger partial charge in [0, 0.05) is 43.3 Å². The minimum Gasteiger partial charge on any atom is -0.492 e. The lowest BCUT2D eigenvalue weighted by molar-refractivity contribution is -0.142. The van der Waals surface area contributed by atoms with Crippen LogP contribution in [0.15, 0.2) is 54.6 Å². The molecule has 0 saturated carbocycles. The number of ether oxygens (including phenoxy) is 2. The molecule has 41 heavy (non-hydrogen) atoms. The highest BCUT2D eigenvalue weighted by molar-refractivity contribution is 5.94. The van der Waals surface area contributed by atoms with Crippen LogP contribution in [0.2, 0.25) is 0 Å². The van der Waals surface area contributed by atoms with Crippen molar-refractivity contribution in [3.8, 4) is 17.1 Å². The summed E-state index contributed by atoms with van der Waals surface area (Å²) in [6.45, 7) is 4.21. The second-order valence-electron chi connectivity index (χ2n) is 10.3. The number of nitrogens with zero attached hydrogens (tertiary/aromatic N) is 4. The summed E-state index contributed by atoms with van der Waals surface area (Å²) in [5.41, 5.74) is 1.34. The molecule has 11 heteroatoms. The molecule has 3 heterocycles. The Morgan fingerprint density at radius 3 is 2.56 bits per heavy atom. The fraction of sp³-hybridized carbons (Fsp3) is 0.433. The third-order valence-electron chi connectivity index (χ3n) is 7.27. The van der Waals surface area contributed by atoms with Crippen molar-refractivity contribution in [2.45, 2.75) is 38.8 Å². The fourth-order valence-corrected chi connectivity index (χ4v) is 5.09. The summed E-state index contributed by atoms with van der Waals surface area (Å²) in [5, 5.41) is 10.6. The van der Waals surface area contributed by atoms with Crippen LogP contribution in [-0.4, -0.2) is 76.8 Å². The van der Waals surface area contributed by atoms with E-state index in [1.807, 2.05) is 37.3 Å². The Bertz CT molecular complexity index is 1350. The molecule has 0 unspecified atom stereocenters.